The van der Waals surface area contributed by atoms with Gasteiger partial charge in [0.2, 0.25) is 0 Å². The molecule has 2 aliphatic rings. The minimum absolute atomic E-state index is 0.284. The largest absolute Gasteiger partial charge is 0.447 e. The summed E-state index contributed by atoms with van der Waals surface area (Å²) in [5.74, 6) is 1.73. The van der Waals surface area contributed by atoms with Crippen molar-refractivity contribution in [2.45, 2.75) is 45.3 Å². The summed E-state index contributed by atoms with van der Waals surface area (Å²) in [6, 6.07) is 0. The third kappa shape index (κ3) is 1.02. The molecule has 0 aromatic carbocycles. The summed E-state index contributed by atoms with van der Waals surface area (Å²) in [6.45, 7) is 4.21. The zero-order valence-corrected chi connectivity index (χ0v) is 9.37. The summed E-state index contributed by atoms with van der Waals surface area (Å²) >= 11 is 1.76. The van der Waals surface area contributed by atoms with E-state index in [0.29, 0.717) is 0 Å². The van der Waals surface area contributed by atoms with Crippen LogP contribution in [0.2, 0.25) is 0 Å². The van der Waals surface area contributed by atoms with Gasteiger partial charge in [-0.25, -0.2) is 0 Å². The first-order valence-electron chi connectivity index (χ1n) is 5.18. The number of thiophene rings is 1. The second-order valence-corrected chi connectivity index (χ2v) is 5.62. The Balaban J connectivity index is 2.00. The predicted molar refractivity (Wildman–Crippen MR) is 56.2 cm³/mol. The van der Waals surface area contributed by atoms with Crippen LogP contribution in [-0.2, 0) is 0 Å². The first-order valence-corrected chi connectivity index (χ1v) is 6.00. The van der Waals surface area contributed by atoms with Crippen LogP contribution < -0.4 is 9.47 Å². The molecule has 1 aromatic rings. The van der Waals surface area contributed by atoms with Crippen molar-refractivity contribution in [1.82, 2.24) is 0 Å². The van der Waals surface area contributed by atoms with Crippen molar-refractivity contribution in [2.75, 3.05) is 0 Å². The van der Waals surface area contributed by atoms with E-state index in [9.17, 15) is 0 Å². The van der Waals surface area contributed by atoms with Crippen LogP contribution in [0.1, 0.15) is 35.4 Å². The summed E-state index contributed by atoms with van der Waals surface area (Å²) in [6.07, 6.45) is 4.55. The topological polar surface area (TPSA) is 18.5 Å². The lowest BCUT2D eigenvalue weighted by Gasteiger charge is -2.22. The normalized spacial score (nSPS) is 22.1. The van der Waals surface area contributed by atoms with Crippen molar-refractivity contribution < 1.29 is 9.47 Å². The summed E-state index contributed by atoms with van der Waals surface area (Å²) in [5.41, 5.74) is 0. The molecule has 1 aromatic heterocycles. The highest BCUT2D eigenvalue weighted by atomic mass is 32.1. The van der Waals surface area contributed by atoms with Gasteiger partial charge in [0.1, 0.15) is 0 Å². The van der Waals surface area contributed by atoms with E-state index in [4.69, 9.17) is 9.47 Å². The summed E-state index contributed by atoms with van der Waals surface area (Å²) in [4.78, 5) is 2.50. The fourth-order valence-corrected chi connectivity index (χ4v) is 3.30. The van der Waals surface area contributed by atoms with Gasteiger partial charge in [-0.05, 0) is 26.7 Å². The van der Waals surface area contributed by atoms with Gasteiger partial charge >= 0.3 is 0 Å². The Morgan fingerprint density at radius 1 is 1.00 bits per heavy atom. The standard InChI is InChI=1S/C11H14O2S/c1-7-9-10(8(2)14-7)13-11(12-9)5-3-4-6-11/h3-6H2,1-2H3. The highest BCUT2D eigenvalue weighted by Crippen LogP contribution is 2.52. The van der Waals surface area contributed by atoms with Crippen LogP contribution in [0.15, 0.2) is 0 Å². The Hall–Kier alpha value is -0.700. The lowest BCUT2D eigenvalue weighted by molar-refractivity contribution is -0.0721. The van der Waals surface area contributed by atoms with E-state index >= 15 is 0 Å². The molecule has 1 saturated carbocycles. The van der Waals surface area contributed by atoms with Crippen LogP contribution in [0.5, 0.6) is 11.5 Å². The molecule has 1 aliphatic carbocycles. The quantitative estimate of drug-likeness (QED) is 0.653. The third-order valence-corrected chi connectivity index (χ3v) is 4.08. The van der Waals surface area contributed by atoms with E-state index in [1.807, 2.05) is 0 Å². The minimum atomic E-state index is -0.284. The van der Waals surface area contributed by atoms with E-state index in [-0.39, 0.29) is 5.79 Å². The molecular formula is C11H14O2S. The Morgan fingerprint density at radius 2 is 1.50 bits per heavy atom. The lowest BCUT2D eigenvalue weighted by Crippen LogP contribution is -2.34. The molecule has 0 radical (unpaired) electrons. The maximum Gasteiger partial charge on any atom is 0.251 e. The molecule has 1 fully saturated rings. The lowest BCUT2D eigenvalue weighted by atomic mass is 10.2. The average molecular weight is 210 g/mol. The highest BCUT2D eigenvalue weighted by Gasteiger charge is 2.46. The van der Waals surface area contributed by atoms with Crippen molar-refractivity contribution in [3.63, 3.8) is 0 Å². The van der Waals surface area contributed by atoms with Crippen LogP contribution >= 0.6 is 11.3 Å². The number of ether oxygens (including phenoxy) is 2. The van der Waals surface area contributed by atoms with E-state index in [1.165, 1.54) is 22.6 Å². The number of rotatable bonds is 0. The predicted octanol–water partition coefficient (Wildman–Crippen LogP) is 3.41. The van der Waals surface area contributed by atoms with E-state index in [1.54, 1.807) is 11.3 Å². The van der Waals surface area contributed by atoms with Gasteiger partial charge in [-0.3, -0.25) is 0 Å². The Bertz CT molecular complexity index is 346. The number of aryl methyl sites for hydroxylation is 2. The number of hydrogen-bond donors (Lipinski definition) is 0. The number of fused-ring (bicyclic) bond motifs is 1. The van der Waals surface area contributed by atoms with Crippen LogP contribution in [0.4, 0.5) is 0 Å². The van der Waals surface area contributed by atoms with Crippen LogP contribution in [-0.4, -0.2) is 5.79 Å². The van der Waals surface area contributed by atoms with Gasteiger partial charge in [0.25, 0.3) is 5.79 Å². The molecule has 1 aliphatic heterocycles. The van der Waals surface area contributed by atoms with Gasteiger partial charge < -0.3 is 9.47 Å². The van der Waals surface area contributed by atoms with E-state index in [2.05, 4.69) is 13.8 Å². The van der Waals surface area contributed by atoms with Crippen molar-refractivity contribution in [3.8, 4) is 11.5 Å². The Labute approximate surface area is 87.8 Å². The molecule has 2 heterocycles. The maximum absolute atomic E-state index is 6.00. The van der Waals surface area contributed by atoms with Crippen LogP contribution in [0, 0.1) is 13.8 Å². The molecule has 2 nitrogen and oxygen atoms in total. The molecule has 0 bridgehead atoms. The highest BCUT2D eigenvalue weighted by molar-refractivity contribution is 7.12. The van der Waals surface area contributed by atoms with Crippen LogP contribution in [0.25, 0.3) is 0 Å². The second kappa shape index (κ2) is 2.66. The average Bonchev–Trinajstić information content (AvgIpc) is 2.79. The molecule has 0 amide bonds. The molecule has 14 heavy (non-hydrogen) atoms. The summed E-state index contributed by atoms with van der Waals surface area (Å²) in [7, 11) is 0. The zero-order chi connectivity index (χ0) is 9.76. The van der Waals surface area contributed by atoms with Crippen molar-refractivity contribution in [1.29, 1.82) is 0 Å². The van der Waals surface area contributed by atoms with Crippen molar-refractivity contribution >= 4 is 11.3 Å². The molecule has 0 N–H and O–H groups in total. The van der Waals surface area contributed by atoms with Gasteiger partial charge in [-0.15, -0.1) is 11.3 Å². The molecule has 0 saturated heterocycles. The van der Waals surface area contributed by atoms with Gasteiger partial charge in [0.15, 0.2) is 11.5 Å². The smallest absolute Gasteiger partial charge is 0.251 e. The Kier molecular flexibility index (Phi) is 1.63. The molecule has 3 rings (SSSR count). The summed E-state index contributed by atoms with van der Waals surface area (Å²) in [5, 5.41) is 0. The fourth-order valence-electron chi connectivity index (χ4n) is 2.39. The first-order chi connectivity index (χ1) is 6.70. The SMILES string of the molecule is Cc1sc(C)c2c1OC1(CCCC1)O2. The minimum Gasteiger partial charge on any atom is -0.447 e. The molecule has 76 valence electrons. The molecule has 1 spiro atoms. The molecule has 3 heteroatoms. The molecular weight excluding hydrogens is 196 g/mol. The molecule has 0 atom stereocenters. The monoisotopic (exact) mass is 210 g/mol. The molecule has 0 unspecified atom stereocenters. The Morgan fingerprint density at radius 3 is 2.00 bits per heavy atom. The maximum atomic E-state index is 6.00. The van der Waals surface area contributed by atoms with Gasteiger partial charge in [-0.2, -0.15) is 0 Å². The third-order valence-electron chi connectivity index (χ3n) is 3.09. The van der Waals surface area contributed by atoms with Crippen LogP contribution in [0.3, 0.4) is 0 Å². The second-order valence-electron chi connectivity index (χ2n) is 4.19. The van der Waals surface area contributed by atoms with Crippen molar-refractivity contribution in [2.24, 2.45) is 0 Å². The van der Waals surface area contributed by atoms with E-state index < -0.39 is 0 Å². The van der Waals surface area contributed by atoms with Gasteiger partial charge in [0.05, 0.1) is 0 Å². The van der Waals surface area contributed by atoms with Crippen molar-refractivity contribution in [3.05, 3.63) is 9.75 Å². The van der Waals surface area contributed by atoms with E-state index in [0.717, 1.165) is 24.3 Å². The first kappa shape index (κ1) is 8.60. The fraction of sp³-hybridized carbons (Fsp3) is 0.636. The van der Waals surface area contributed by atoms with Gasteiger partial charge in [-0.1, -0.05) is 0 Å². The zero-order valence-electron chi connectivity index (χ0n) is 8.55. The summed E-state index contributed by atoms with van der Waals surface area (Å²) < 4.78 is 12.0. The number of hydrogen-bond acceptors (Lipinski definition) is 3. The van der Waals surface area contributed by atoms with Gasteiger partial charge in [0, 0.05) is 22.6 Å².